The molecule has 2 atom stereocenters. The van der Waals surface area contributed by atoms with E-state index < -0.39 is 27.8 Å². The average Bonchev–Trinajstić information content (AvgIpc) is 2.89. The number of benzene rings is 1. The molecule has 1 unspecified atom stereocenters. The van der Waals surface area contributed by atoms with Crippen molar-refractivity contribution in [3.63, 3.8) is 0 Å². The number of aliphatic hydroxyl groups is 1. The lowest BCUT2D eigenvalue weighted by Crippen LogP contribution is -2.57. The van der Waals surface area contributed by atoms with E-state index in [2.05, 4.69) is 4.98 Å². The van der Waals surface area contributed by atoms with E-state index in [9.17, 15) is 26.7 Å². The molecule has 0 amide bonds. The summed E-state index contributed by atoms with van der Waals surface area (Å²) < 4.78 is 74.0. The topological polar surface area (TPSA) is 83.0 Å². The third-order valence-electron chi connectivity index (χ3n) is 6.64. The summed E-state index contributed by atoms with van der Waals surface area (Å²) in [4.78, 5) is 6.43. The van der Waals surface area contributed by atoms with Crippen LogP contribution in [0.5, 0.6) is 0 Å². The van der Waals surface area contributed by atoms with Crippen molar-refractivity contribution in [2.45, 2.75) is 37.8 Å². The van der Waals surface area contributed by atoms with Crippen molar-refractivity contribution >= 4 is 32.8 Å². The Labute approximate surface area is 225 Å². The summed E-state index contributed by atoms with van der Waals surface area (Å²) in [6.07, 6.45) is 3.84. The molecule has 0 radical (unpaired) electrons. The maximum atomic E-state index is 13.4. The summed E-state index contributed by atoms with van der Waals surface area (Å²) in [6.45, 7) is 1.67. The van der Waals surface area contributed by atoms with Crippen LogP contribution in [0.2, 0.25) is 0 Å². The van der Waals surface area contributed by atoms with Crippen LogP contribution in [-0.4, -0.2) is 66.1 Å². The Morgan fingerprint density at radius 1 is 1.18 bits per heavy atom. The molecular formula is C26H28F3N3O4S2. The van der Waals surface area contributed by atoms with Crippen LogP contribution < -0.4 is 4.90 Å². The summed E-state index contributed by atoms with van der Waals surface area (Å²) in [5.74, 6) is 0. The molecule has 2 heterocycles. The highest BCUT2D eigenvalue weighted by Crippen LogP contribution is 2.39. The third kappa shape index (κ3) is 5.99. The van der Waals surface area contributed by atoms with Gasteiger partial charge in [-0.25, -0.2) is 8.42 Å². The number of sulfonamides is 1. The Kier molecular flexibility index (Phi) is 8.38. The van der Waals surface area contributed by atoms with E-state index in [4.69, 9.17) is 17.0 Å². The molecule has 7 nitrogen and oxygen atoms in total. The molecule has 1 N–H and O–H groups in total. The van der Waals surface area contributed by atoms with E-state index in [1.165, 1.54) is 34.6 Å². The minimum atomic E-state index is -4.83. The third-order valence-corrected chi connectivity index (χ3v) is 9.11. The number of hydrogen-bond acceptors (Lipinski definition) is 7. The second-order valence-corrected chi connectivity index (χ2v) is 11.7. The van der Waals surface area contributed by atoms with Crippen molar-refractivity contribution in [1.29, 1.82) is 0 Å². The van der Waals surface area contributed by atoms with E-state index in [1.54, 1.807) is 30.6 Å². The predicted octanol–water partition coefficient (Wildman–Crippen LogP) is 4.10. The van der Waals surface area contributed by atoms with Gasteiger partial charge >= 0.3 is 6.18 Å². The van der Waals surface area contributed by atoms with Gasteiger partial charge in [-0.15, -0.1) is 0 Å². The van der Waals surface area contributed by atoms with E-state index in [-0.39, 0.29) is 43.3 Å². The van der Waals surface area contributed by atoms with Gasteiger partial charge in [0.1, 0.15) is 0 Å². The first-order valence-electron chi connectivity index (χ1n) is 11.9. The Bertz CT molecular complexity index is 1310. The summed E-state index contributed by atoms with van der Waals surface area (Å²) in [5.41, 5.74) is -1.84. The SMILES string of the molecule is CC(O)(c1ccc(N2CCN(S(=O)(=O)C3=CC=CCC3=S)C[C@@H]2COCc2cccnc2)cc1)C(F)(F)F. The lowest BCUT2D eigenvalue weighted by atomic mass is 9.95. The van der Waals surface area contributed by atoms with Crippen molar-refractivity contribution in [2.75, 3.05) is 31.1 Å². The summed E-state index contributed by atoms with van der Waals surface area (Å²) >= 11 is 5.30. The number of hydrogen-bond donors (Lipinski definition) is 1. The molecule has 38 heavy (non-hydrogen) atoms. The van der Waals surface area contributed by atoms with Crippen molar-refractivity contribution in [3.05, 3.63) is 83.1 Å². The molecular weight excluding hydrogens is 539 g/mol. The highest BCUT2D eigenvalue weighted by molar-refractivity contribution is 7.96. The molecule has 1 fully saturated rings. The number of halogens is 3. The van der Waals surface area contributed by atoms with Gasteiger partial charge in [0.25, 0.3) is 0 Å². The van der Waals surface area contributed by atoms with Gasteiger partial charge in [0, 0.05) is 49.0 Å². The van der Waals surface area contributed by atoms with Crippen LogP contribution in [0.3, 0.4) is 0 Å². The molecule has 1 saturated heterocycles. The van der Waals surface area contributed by atoms with Crippen LogP contribution >= 0.6 is 12.2 Å². The van der Waals surface area contributed by atoms with Crippen LogP contribution in [0.25, 0.3) is 0 Å². The van der Waals surface area contributed by atoms with Gasteiger partial charge in [0.05, 0.1) is 24.2 Å². The Balaban J connectivity index is 1.56. The number of pyridine rings is 1. The van der Waals surface area contributed by atoms with E-state index in [0.717, 1.165) is 5.56 Å². The second kappa shape index (κ2) is 11.2. The minimum absolute atomic E-state index is 0.0983. The van der Waals surface area contributed by atoms with Gasteiger partial charge in [-0.1, -0.05) is 42.6 Å². The van der Waals surface area contributed by atoms with Crippen molar-refractivity contribution in [2.24, 2.45) is 0 Å². The zero-order valence-corrected chi connectivity index (χ0v) is 22.3. The number of allylic oxidation sites excluding steroid dienone is 4. The minimum Gasteiger partial charge on any atom is -0.376 e. The quantitative estimate of drug-likeness (QED) is 0.481. The molecule has 0 spiro atoms. The van der Waals surface area contributed by atoms with Gasteiger partial charge in [-0.2, -0.15) is 17.5 Å². The van der Waals surface area contributed by atoms with Crippen LogP contribution in [0, 0.1) is 0 Å². The second-order valence-electron chi connectivity index (χ2n) is 9.29. The van der Waals surface area contributed by atoms with Crippen LogP contribution in [0.1, 0.15) is 24.5 Å². The zero-order chi connectivity index (χ0) is 27.6. The van der Waals surface area contributed by atoms with Crippen LogP contribution in [0.4, 0.5) is 18.9 Å². The molecule has 1 aliphatic heterocycles. The number of aromatic nitrogens is 1. The number of rotatable bonds is 8. The molecule has 204 valence electrons. The maximum Gasteiger partial charge on any atom is 0.421 e. The fourth-order valence-corrected chi connectivity index (χ4v) is 6.43. The summed E-state index contributed by atoms with van der Waals surface area (Å²) in [5, 5.41) is 10.0. The monoisotopic (exact) mass is 567 g/mol. The molecule has 1 aromatic heterocycles. The normalized spacial score (nSPS) is 20.8. The summed E-state index contributed by atoms with van der Waals surface area (Å²) in [6, 6.07) is 8.67. The largest absolute Gasteiger partial charge is 0.421 e. The van der Waals surface area contributed by atoms with Crippen molar-refractivity contribution < 1.29 is 31.4 Å². The summed E-state index contributed by atoms with van der Waals surface area (Å²) in [7, 11) is -3.84. The fourth-order valence-electron chi connectivity index (χ4n) is 4.36. The van der Waals surface area contributed by atoms with Crippen LogP contribution in [-0.2, 0) is 27.0 Å². The number of alkyl halides is 3. The molecule has 2 aliphatic rings. The van der Waals surface area contributed by atoms with E-state index >= 15 is 0 Å². The number of ether oxygens (including phenoxy) is 1. The first-order chi connectivity index (χ1) is 17.9. The Morgan fingerprint density at radius 3 is 2.55 bits per heavy atom. The number of thiocarbonyl (C=S) groups is 1. The van der Waals surface area contributed by atoms with Gasteiger partial charge < -0.3 is 14.7 Å². The van der Waals surface area contributed by atoms with Crippen molar-refractivity contribution in [1.82, 2.24) is 9.29 Å². The Hall–Kier alpha value is -2.64. The highest BCUT2D eigenvalue weighted by atomic mass is 32.2. The number of nitrogens with zero attached hydrogens (tertiary/aromatic N) is 3. The lowest BCUT2D eigenvalue weighted by molar-refractivity contribution is -0.258. The van der Waals surface area contributed by atoms with E-state index in [1.807, 2.05) is 11.0 Å². The molecule has 1 aromatic carbocycles. The van der Waals surface area contributed by atoms with Crippen LogP contribution in [0.15, 0.2) is 71.9 Å². The zero-order valence-electron chi connectivity index (χ0n) is 20.6. The van der Waals surface area contributed by atoms with Gasteiger partial charge in [-0.3, -0.25) is 4.98 Å². The van der Waals surface area contributed by atoms with Gasteiger partial charge in [0.15, 0.2) is 5.60 Å². The van der Waals surface area contributed by atoms with Crippen molar-refractivity contribution in [3.8, 4) is 0 Å². The average molecular weight is 568 g/mol. The molecule has 2 aromatic rings. The first kappa shape index (κ1) is 28.4. The Morgan fingerprint density at radius 2 is 1.92 bits per heavy atom. The molecule has 4 rings (SSSR count). The predicted molar refractivity (Wildman–Crippen MR) is 142 cm³/mol. The standard InChI is InChI=1S/C26H28F3N3O4S2/c1-25(33,26(27,28)29)20-8-10-21(11-9-20)32-14-13-31(38(34,35)24-7-3-2-6-23(24)37)16-22(32)18-36-17-19-5-4-12-30-15-19/h2-5,7-12,15,22,33H,6,13-14,16-18H2,1H3/t22-,25?/m1/s1. The lowest BCUT2D eigenvalue weighted by Gasteiger charge is -2.42. The molecule has 0 saturated carbocycles. The van der Waals surface area contributed by atoms with E-state index in [0.29, 0.717) is 23.9 Å². The fraction of sp³-hybridized carbons (Fsp3) is 0.385. The first-order valence-corrected chi connectivity index (χ1v) is 13.8. The smallest absolute Gasteiger partial charge is 0.376 e. The maximum absolute atomic E-state index is 13.4. The molecule has 12 heteroatoms. The highest BCUT2D eigenvalue weighted by Gasteiger charge is 2.51. The molecule has 1 aliphatic carbocycles. The van der Waals surface area contributed by atoms with Gasteiger partial charge in [-0.05, 0) is 42.3 Å². The number of piperazine rings is 1. The number of anilines is 1. The molecule has 0 bridgehead atoms. The van der Waals surface area contributed by atoms with Gasteiger partial charge in [0.2, 0.25) is 10.0 Å².